The third-order valence-corrected chi connectivity index (χ3v) is 5.95. The van der Waals surface area contributed by atoms with Crippen molar-refractivity contribution in [2.45, 2.75) is 20.0 Å². The third-order valence-electron chi connectivity index (χ3n) is 5.95. The summed E-state index contributed by atoms with van der Waals surface area (Å²) in [5.41, 5.74) is 4.30. The molecule has 6 heteroatoms. The SMILES string of the molecule is COc1ccccc1CN(Cc1ccccc1OC)c1c(C)n(C)n(-c2ccccc2)c1=O. The first-order chi connectivity index (χ1) is 16.0. The normalized spacial score (nSPS) is 10.8. The summed E-state index contributed by atoms with van der Waals surface area (Å²) < 4.78 is 14.8. The molecule has 0 spiro atoms. The van der Waals surface area contributed by atoms with Crippen molar-refractivity contribution < 1.29 is 9.47 Å². The lowest BCUT2D eigenvalue weighted by Crippen LogP contribution is -2.29. The molecule has 0 atom stereocenters. The molecule has 0 fully saturated rings. The summed E-state index contributed by atoms with van der Waals surface area (Å²) in [5.74, 6) is 1.58. The van der Waals surface area contributed by atoms with Crippen LogP contribution >= 0.6 is 0 Å². The van der Waals surface area contributed by atoms with Crippen molar-refractivity contribution in [1.82, 2.24) is 9.36 Å². The second-order valence-corrected chi connectivity index (χ2v) is 7.89. The molecule has 1 heterocycles. The molecule has 0 N–H and O–H groups in total. The first-order valence-corrected chi connectivity index (χ1v) is 10.9. The number of anilines is 1. The Morgan fingerprint density at radius 1 is 0.758 bits per heavy atom. The molecule has 170 valence electrons. The van der Waals surface area contributed by atoms with Gasteiger partial charge in [0.1, 0.15) is 17.2 Å². The summed E-state index contributed by atoms with van der Waals surface area (Å²) in [6.07, 6.45) is 0. The number of ether oxygens (including phenoxy) is 2. The van der Waals surface area contributed by atoms with Gasteiger partial charge in [0.25, 0.3) is 5.56 Å². The molecule has 0 aliphatic carbocycles. The van der Waals surface area contributed by atoms with Crippen molar-refractivity contribution in [3.8, 4) is 17.2 Å². The molecule has 1 aromatic heterocycles. The summed E-state index contributed by atoms with van der Waals surface area (Å²) in [6, 6.07) is 25.5. The van der Waals surface area contributed by atoms with Gasteiger partial charge < -0.3 is 14.4 Å². The zero-order valence-electron chi connectivity index (χ0n) is 19.5. The van der Waals surface area contributed by atoms with Crippen LogP contribution in [0.4, 0.5) is 5.69 Å². The highest BCUT2D eigenvalue weighted by atomic mass is 16.5. The lowest BCUT2D eigenvalue weighted by Gasteiger charge is -2.25. The second kappa shape index (κ2) is 9.69. The van der Waals surface area contributed by atoms with E-state index >= 15 is 0 Å². The molecule has 0 amide bonds. The Bertz CT molecular complexity index is 1240. The monoisotopic (exact) mass is 443 g/mol. The van der Waals surface area contributed by atoms with Crippen LogP contribution in [0.2, 0.25) is 0 Å². The van der Waals surface area contributed by atoms with E-state index < -0.39 is 0 Å². The molecule has 0 aliphatic heterocycles. The van der Waals surface area contributed by atoms with Crippen LogP contribution in [0, 0.1) is 6.92 Å². The van der Waals surface area contributed by atoms with Gasteiger partial charge in [-0.05, 0) is 31.2 Å². The number of para-hydroxylation sites is 3. The molecular formula is C27H29N3O3. The van der Waals surface area contributed by atoms with Crippen LogP contribution in [0.1, 0.15) is 16.8 Å². The Labute approximate surface area is 194 Å². The van der Waals surface area contributed by atoms with E-state index in [0.717, 1.165) is 34.0 Å². The van der Waals surface area contributed by atoms with Crippen LogP contribution in [0.25, 0.3) is 5.69 Å². The molecule has 6 nitrogen and oxygen atoms in total. The van der Waals surface area contributed by atoms with Gasteiger partial charge in [0.2, 0.25) is 0 Å². The number of rotatable bonds is 8. The largest absolute Gasteiger partial charge is 0.496 e. The third kappa shape index (κ3) is 4.37. The minimum atomic E-state index is -0.0639. The topological polar surface area (TPSA) is 48.6 Å². The fourth-order valence-electron chi connectivity index (χ4n) is 4.21. The number of aromatic nitrogens is 2. The number of methoxy groups -OCH3 is 2. The molecule has 3 aromatic carbocycles. The first kappa shape index (κ1) is 22.3. The Kier molecular flexibility index (Phi) is 6.54. The maximum atomic E-state index is 13.8. The van der Waals surface area contributed by atoms with Gasteiger partial charge in [-0.15, -0.1) is 0 Å². The van der Waals surface area contributed by atoms with E-state index in [9.17, 15) is 4.79 Å². The molecule has 4 rings (SSSR count). The van der Waals surface area contributed by atoms with Gasteiger partial charge >= 0.3 is 0 Å². The summed E-state index contributed by atoms with van der Waals surface area (Å²) in [7, 11) is 5.25. The summed E-state index contributed by atoms with van der Waals surface area (Å²) in [6.45, 7) is 3.00. The standard InChI is InChI=1S/C27H29N3O3/c1-20-26(27(31)30(28(20)2)23-14-6-5-7-15-23)29(18-21-12-8-10-16-24(21)32-3)19-22-13-9-11-17-25(22)33-4/h5-17H,18-19H2,1-4H3. The van der Waals surface area contributed by atoms with Crippen LogP contribution in [-0.2, 0) is 20.1 Å². The summed E-state index contributed by atoms with van der Waals surface area (Å²) in [4.78, 5) is 15.9. The van der Waals surface area contributed by atoms with Crippen molar-refractivity contribution in [3.05, 3.63) is 106 Å². The minimum Gasteiger partial charge on any atom is -0.496 e. The Morgan fingerprint density at radius 2 is 1.24 bits per heavy atom. The Morgan fingerprint density at radius 3 is 1.76 bits per heavy atom. The first-order valence-electron chi connectivity index (χ1n) is 10.9. The van der Waals surface area contributed by atoms with Crippen molar-refractivity contribution in [3.63, 3.8) is 0 Å². The quantitative estimate of drug-likeness (QED) is 0.396. The maximum Gasteiger partial charge on any atom is 0.295 e. The van der Waals surface area contributed by atoms with Gasteiger partial charge in [-0.3, -0.25) is 9.48 Å². The van der Waals surface area contributed by atoms with Crippen LogP contribution in [0.15, 0.2) is 83.7 Å². The second-order valence-electron chi connectivity index (χ2n) is 7.89. The zero-order chi connectivity index (χ0) is 23.4. The van der Waals surface area contributed by atoms with E-state index in [2.05, 4.69) is 4.90 Å². The van der Waals surface area contributed by atoms with E-state index in [1.165, 1.54) is 0 Å². The van der Waals surface area contributed by atoms with Crippen molar-refractivity contribution >= 4 is 5.69 Å². The molecule has 0 saturated carbocycles. The van der Waals surface area contributed by atoms with E-state index in [1.54, 1.807) is 18.9 Å². The average molecular weight is 444 g/mol. The van der Waals surface area contributed by atoms with Gasteiger partial charge in [-0.2, -0.15) is 0 Å². The van der Waals surface area contributed by atoms with Gasteiger partial charge in [-0.1, -0.05) is 54.6 Å². The molecule has 4 aromatic rings. The Hall–Kier alpha value is -3.93. The van der Waals surface area contributed by atoms with Gasteiger partial charge in [-0.25, -0.2) is 4.68 Å². The van der Waals surface area contributed by atoms with E-state index in [-0.39, 0.29) is 5.56 Å². The fourth-order valence-corrected chi connectivity index (χ4v) is 4.21. The zero-order valence-corrected chi connectivity index (χ0v) is 19.5. The molecular weight excluding hydrogens is 414 g/mol. The highest BCUT2D eigenvalue weighted by molar-refractivity contribution is 5.54. The lowest BCUT2D eigenvalue weighted by molar-refractivity contribution is 0.406. The maximum absolute atomic E-state index is 13.8. The van der Waals surface area contributed by atoms with Gasteiger partial charge in [0.15, 0.2) is 0 Å². The number of hydrogen-bond acceptors (Lipinski definition) is 4. The van der Waals surface area contributed by atoms with Crippen LogP contribution < -0.4 is 19.9 Å². The van der Waals surface area contributed by atoms with Gasteiger partial charge in [0, 0.05) is 31.3 Å². The van der Waals surface area contributed by atoms with E-state index in [1.807, 2.05) is 97.5 Å². The van der Waals surface area contributed by atoms with Crippen LogP contribution in [-0.4, -0.2) is 23.6 Å². The van der Waals surface area contributed by atoms with Crippen molar-refractivity contribution in [2.75, 3.05) is 19.1 Å². The van der Waals surface area contributed by atoms with Crippen molar-refractivity contribution in [2.24, 2.45) is 7.05 Å². The van der Waals surface area contributed by atoms with Gasteiger partial charge in [0.05, 0.1) is 25.6 Å². The molecule has 0 bridgehead atoms. The highest BCUT2D eigenvalue weighted by Crippen LogP contribution is 2.28. The summed E-state index contributed by atoms with van der Waals surface area (Å²) >= 11 is 0. The minimum absolute atomic E-state index is 0.0639. The smallest absolute Gasteiger partial charge is 0.295 e. The number of benzene rings is 3. The predicted molar refractivity (Wildman–Crippen MR) is 132 cm³/mol. The molecule has 0 saturated heterocycles. The van der Waals surface area contributed by atoms with Crippen molar-refractivity contribution in [1.29, 1.82) is 0 Å². The highest BCUT2D eigenvalue weighted by Gasteiger charge is 2.23. The molecule has 0 radical (unpaired) electrons. The number of nitrogens with zero attached hydrogens (tertiary/aromatic N) is 3. The average Bonchev–Trinajstić information content (AvgIpc) is 3.07. The molecule has 0 aliphatic rings. The van der Waals surface area contributed by atoms with E-state index in [4.69, 9.17) is 9.47 Å². The van der Waals surface area contributed by atoms with E-state index in [0.29, 0.717) is 18.8 Å². The lowest BCUT2D eigenvalue weighted by atomic mass is 10.1. The van der Waals surface area contributed by atoms with Crippen LogP contribution in [0.5, 0.6) is 11.5 Å². The Balaban J connectivity index is 1.85. The van der Waals surface area contributed by atoms with Crippen LogP contribution in [0.3, 0.4) is 0 Å². The molecule has 0 unspecified atom stereocenters. The fraction of sp³-hybridized carbons (Fsp3) is 0.222. The molecule has 33 heavy (non-hydrogen) atoms. The predicted octanol–water partition coefficient (Wildman–Crippen LogP) is 4.71. The summed E-state index contributed by atoms with van der Waals surface area (Å²) in [5, 5.41) is 0. The number of hydrogen-bond donors (Lipinski definition) is 0.